The van der Waals surface area contributed by atoms with Crippen LogP contribution in [0.25, 0.3) is 0 Å². The molecule has 15 heavy (non-hydrogen) atoms. The van der Waals surface area contributed by atoms with Gasteiger partial charge in [-0.15, -0.1) is 0 Å². The van der Waals surface area contributed by atoms with Gasteiger partial charge in [-0.05, 0) is 62.5 Å². The van der Waals surface area contributed by atoms with Gasteiger partial charge in [-0.3, -0.25) is 5.10 Å². The number of nitrogens with two attached hydrogens (primary N) is 1. The van der Waals surface area contributed by atoms with E-state index in [1.165, 1.54) is 44.1 Å². The summed E-state index contributed by atoms with van der Waals surface area (Å²) in [7, 11) is 0. The smallest absolute Gasteiger partial charge is 0.0522 e. The van der Waals surface area contributed by atoms with Gasteiger partial charge in [0.2, 0.25) is 0 Å². The average Bonchev–Trinajstić information content (AvgIpc) is 2.80. The molecule has 0 saturated heterocycles. The lowest BCUT2D eigenvalue weighted by molar-refractivity contribution is 0.306. The van der Waals surface area contributed by atoms with Gasteiger partial charge < -0.3 is 5.73 Å². The molecule has 0 spiro atoms. The molecular formula is C12H21N3. The number of rotatable bonds is 4. The van der Waals surface area contributed by atoms with Crippen LogP contribution in [0, 0.1) is 5.92 Å². The van der Waals surface area contributed by atoms with Crippen molar-refractivity contribution in [2.75, 3.05) is 6.54 Å². The minimum absolute atomic E-state index is 0.748. The molecule has 3 N–H and O–H groups in total. The second-order valence-electron chi connectivity index (χ2n) is 4.68. The summed E-state index contributed by atoms with van der Waals surface area (Å²) < 4.78 is 0. The minimum atomic E-state index is 0.748. The van der Waals surface area contributed by atoms with Crippen LogP contribution in [0.15, 0.2) is 12.4 Å². The molecule has 0 bridgehead atoms. The monoisotopic (exact) mass is 207 g/mol. The van der Waals surface area contributed by atoms with E-state index in [9.17, 15) is 0 Å². The van der Waals surface area contributed by atoms with Crippen molar-refractivity contribution >= 4 is 0 Å². The van der Waals surface area contributed by atoms with Crippen molar-refractivity contribution in [3.63, 3.8) is 0 Å². The lowest BCUT2D eigenvalue weighted by Gasteiger charge is -2.27. The van der Waals surface area contributed by atoms with Crippen LogP contribution in [0.2, 0.25) is 0 Å². The Hall–Kier alpha value is -0.830. The van der Waals surface area contributed by atoms with Crippen molar-refractivity contribution in [1.82, 2.24) is 10.2 Å². The Morgan fingerprint density at radius 2 is 2.13 bits per heavy atom. The van der Waals surface area contributed by atoms with E-state index in [0.717, 1.165) is 18.4 Å². The van der Waals surface area contributed by atoms with E-state index >= 15 is 0 Å². The summed E-state index contributed by atoms with van der Waals surface area (Å²) in [5, 5.41) is 6.93. The number of H-pyrrole nitrogens is 1. The highest BCUT2D eigenvalue weighted by molar-refractivity contribution is 5.11. The number of aromatic amines is 1. The molecule has 1 saturated carbocycles. The number of nitrogens with one attached hydrogen (secondary N) is 1. The highest BCUT2D eigenvalue weighted by Crippen LogP contribution is 2.36. The third-order valence-corrected chi connectivity index (χ3v) is 3.65. The van der Waals surface area contributed by atoms with Crippen molar-refractivity contribution in [1.29, 1.82) is 0 Å². The predicted octanol–water partition coefficient (Wildman–Crippen LogP) is 2.42. The van der Waals surface area contributed by atoms with E-state index in [1.54, 1.807) is 0 Å². The molecule has 1 aliphatic carbocycles. The van der Waals surface area contributed by atoms with E-state index in [4.69, 9.17) is 5.73 Å². The maximum absolute atomic E-state index is 5.54. The molecule has 1 fully saturated rings. The fourth-order valence-electron chi connectivity index (χ4n) is 2.68. The zero-order valence-electron chi connectivity index (χ0n) is 9.28. The van der Waals surface area contributed by atoms with E-state index < -0.39 is 0 Å². The lowest BCUT2D eigenvalue weighted by Crippen LogP contribution is -2.14. The molecular weight excluding hydrogens is 186 g/mol. The normalized spacial score (nSPS) is 26.7. The molecule has 1 heterocycles. The molecule has 0 aliphatic heterocycles. The van der Waals surface area contributed by atoms with Crippen molar-refractivity contribution < 1.29 is 0 Å². The molecule has 1 aliphatic rings. The lowest BCUT2D eigenvalue weighted by atomic mass is 9.78. The standard InChI is InChI=1S/C12H21N3/c13-7-1-2-10-3-5-11(6-4-10)12-8-14-15-9-12/h8-11H,1-7,13H2,(H,14,15). The van der Waals surface area contributed by atoms with Gasteiger partial charge in [0, 0.05) is 6.20 Å². The van der Waals surface area contributed by atoms with Crippen LogP contribution in [-0.2, 0) is 0 Å². The number of hydrogen-bond acceptors (Lipinski definition) is 2. The van der Waals surface area contributed by atoms with Crippen LogP contribution in [0.1, 0.15) is 50.0 Å². The van der Waals surface area contributed by atoms with E-state index in [1.807, 2.05) is 12.4 Å². The van der Waals surface area contributed by atoms with Crippen molar-refractivity contribution in [2.45, 2.75) is 44.4 Å². The van der Waals surface area contributed by atoms with E-state index in [-0.39, 0.29) is 0 Å². The number of hydrogen-bond donors (Lipinski definition) is 2. The summed E-state index contributed by atoms with van der Waals surface area (Å²) in [5.74, 6) is 1.68. The average molecular weight is 207 g/mol. The molecule has 0 radical (unpaired) electrons. The highest BCUT2D eigenvalue weighted by Gasteiger charge is 2.22. The van der Waals surface area contributed by atoms with Gasteiger partial charge in [-0.25, -0.2) is 0 Å². The molecule has 84 valence electrons. The van der Waals surface area contributed by atoms with Gasteiger partial charge in [0.1, 0.15) is 0 Å². The molecule has 2 rings (SSSR count). The van der Waals surface area contributed by atoms with Gasteiger partial charge in [0.15, 0.2) is 0 Å². The second-order valence-corrected chi connectivity index (χ2v) is 4.68. The Bertz CT molecular complexity index is 260. The van der Waals surface area contributed by atoms with Crippen LogP contribution < -0.4 is 5.73 Å². The third kappa shape index (κ3) is 2.81. The molecule has 3 heteroatoms. The fraction of sp³-hybridized carbons (Fsp3) is 0.750. The van der Waals surface area contributed by atoms with E-state index in [2.05, 4.69) is 10.2 Å². The van der Waals surface area contributed by atoms with Gasteiger partial charge in [0.05, 0.1) is 6.20 Å². The molecule has 1 aromatic heterocycles. The van der Waals surface area contributed by atoms with Crippen LogP contribution in [-0.4, -0.2) is 16.7 Å². The van der Waals surface area contributed by atoms with Crippen LogP contribution in [0.5, 0.6) is 0 Å². The predicted molar refractivity (Wildman–Crippen MR) is 61.6 cm³/mol. The summed E-state index contributed by atoms with van der Waals surface area (Å²) in [5.41, 5.74) is 6.93. The first-order chi connectivity index (χ1) is 7.40. The Morgan fingerprint density at radius 3 is 2.73 bits per heavy atom. The zero-order valence-corrected chi connectivity index (χ0v) is 9.28. The first-order valence-corrected chi connectivity index (χ1v) is 6.09. The Labute approximate surface area is 91.4 Å². The summed E-state index contributed by atoms with van der Waals surface area (Å²) in [6, 6.07) is 0. The Morgan fingerprint density at radius 1 is 1.33 bits per heavy atom. The van der Waals surface area contributed by atoms with Crippen molar-refractivity contribution in [3.8, 4) is 0 Å². The fourth-order valence-corrected chi connectivity index (χ4v) is 2.68. The molecule has 3 nitrogen and oxygen atoms in total. The summed E-state index contributed by atoms with van der Waals surface area (Å²) in [4.78, 5) is 0. The van der Waals surface area contributed by atoms with Crippen molar-refractivity contribution in [2.24, 2.45) is 11.7 Å². The van der Waals surface area contributed by atoms with Gasteiger partial charge >= 0.3 is 0 Å². The molecule has 0 unspecified atom stereocenters. The summed E-state index contributed by atoms with van der Waals surface area (Å²) in [6.45, 7) is 0.849. The van der Waals surface area contributed by atoms with Crippen LogP contribution >= 0.6 is 0 Å². The zero-order chi connectivity index (χ0) is 10.5. The highest BCUT2D eigenvalue weighted by atomic mass is 15.1. The maximum atomic E-state index is 5.54. The second kappa shape index (κ2) is 5.31. The Kier molecular flexibility index (Phi) is 3.78. The van der Waals surface area contributed by atoms with Crippen LogP contribution in [0.3, 0.4) is 0 Å². The van der Waals surface area contributed by atoms with Crippen LogP contribution in [0.4, 0.5) is 0 Å². The number of nitrogens with zero attached hydrogens (tertiary/aromatic N) is 1. The van der Waals surface area contributed by atoms with Gasteiger partial charge in [0.25, 0.3) is 0 Å². The third-order valence-electron chi connectivity index (χ3n) is 3.65. The summed E-state index contributed by atoms with van der Waals surface area (Å²) >= 11 is 0. The van der Waals surface area contributed by atoms with Gasteiger partial charge in [-0.1, -0.05) is 0 Å². The van der Waals surface area contributed by atoms with Crippen molar-refractivity contribution in [3.05, 3.63) is 18.0 Å². The molecule has 1 aromatic rings. The molecule has 0 aromatic carbocycles. The first kappa shape index (κ1) is 10.7. The first-order valence-electron chi connectivity index (χ1n) is 6.09. The molecule has 0 atom stereocenters. The topological polar surface area (TPSA) is 54.7 Å². The summed E-state index contributed by atoms with van der Waals surface area (Å²) in [6.07, 6.45) is 11.9. The Balaban J connectivity index is 1.77. The minimum Gasteiger partial charge on any atom is -0.330 e. The molecule has 0 amide bonds. The largest absolute Gasteiger partial charge is 0.330 e. The maximum Gasteiger partial charge on any atom is 0.0522 e. The van der Waals surface area contributed by atoms with E-state index in [0.29, 0.717) is 0 Å². The van der Waals surface area contributed by atoms with Gasteiger partial charge in [-0.2, -0.15) is 5.10 Å². The SMILES string of the molecule is NCCCC1CCC(c2cn[nH]c2)CC1. The number of aromatic nitrogens is 2. The quantitative estimate of drug-likeness (QED) is 0.796.